The van der Waals surface area contributed by atoms with Crippen LogP contribution >= 0.6 is 11.8 Å². The molecular formula is C27H33ClN2O2. The zero-order valence-electron chi connectivity index (χ0n) is 19.9. The lowest BCUT2D eigenvalue weighted by atomic mass is 9.78. The molecule has 1 aliphatic rings. The first-order chi connectivity index (χ1) is 14.9. The van der Waals surface area contributed by atoms with E-state index in [-0.39, 0.29) is 28.9 Å². The predicted octanol–water partition coefficient (Wildman–Crippen LogP) is 6.51. The van der Waals surface area contributed by atoms with Gasteiger partial charge in [0.05, 0.1) is 6.54 Å². The van der Waals surface area contributed by atoms with Gasteiger partial charge < -0.3 is 10.0 Å². The Kier molecular flexibility index (Phi) is 6.85. The largest absolute Gasteiger partial charge is 0.507 e. The van der Waals surface area contributed by atoms with Crippen LogP contribution in [-0.2, 0) is 10.8 Å². The molecule has 1 N–H and O–H groups in total. The number of rotatable bonds is 4. The number of carbonyl (C=O) groups is 1. The standard InChI is InChI=1S/C27H33ClN2O2/c1-26(2,3)21-15-20(16-22(24(21)32)27(4,5)6)23(31)17-30-13-12-19(25(30)29-28)14-18-10-8-7-9-11-18/h7-11,14-16,32H,12-13,17H2,1-6H3/b19-14+,29-25-. The molecule has 0 bridgehead atoms. The van der Waals surface area contributed by atoms with Crippen LogP contribution in [0.4, 0.5) is 0 Å². The maximum atomic E-state index is 13.4. The number of nitrogens with zero attached hydrogens (tertiary/aromatic N) is 2. The fraction of sp³-hybridized carbons (Fsp3) is 0.407. The average Bonchev–Trinajstić information content (AvgIpc) is 3.08. The number of halogens is 1. The van der Waals surface area contributed by atoms with Crippen LogP contribution in [0, 0.1) is 0 Å². The smallest absolute Gasteiger partial charge is 0.182 e. The van der Waals surface area contributed by atoms with Gasteiger partial charge in [0.1, 0.15) is 11.6 Å². The molecule has 0 aromatic heterocycles. The molecule has 1 heterocycles. The number of phenolic OH excluding ortho intramolecular Hbond substituents is 1. The molecule has 32 heavy (non-hydrogen) atoms. The van der Waals surface area contributed by atoms with Gasteiger partial charge in [0.15, 0.2) is 5.78 Å². The van der Waals surface area contributed by atoms with Gasteiger partial charge in [-0.15, -0.1) is 0 Å². The highest BCUT2D eigenvalue weighted by molar-refractivity contribution is 6.23. The predicted molar refractivity (Wildman–Crippen MR) is 134 cm³/mol. The lowest BCUT2D eigenvalue weighted by Gasteiger charge is -2.28. The second kappa shape index (κ2) is 9.11. The summed E-state index contributed by atoms with van der Waals surface area (Å²) in [7, 11) is 0. The van der Waals surface area contributed by atoms with E-state index in [0.717, 1.165) is 28.7 Å². The summed E-state index contributed by atoms with van der Waals surface area (Å²) in [6, 6.07) is 13.7. The number of benzene rings is 2. The molecule has 2 aromatic carbocycles. The normalized spacial score (nSPS) is 17.4. The van der Waals surface area contributed by atoms with Gasteiger partial charge >= 0.3 is 0 Å². The first-order valence-corrected chi connectivity index (χ1v) is 11.4. The van der Waals surface area contributed by atoms with E-state index in [2.05, 4.69) is 10.6 Å². The summed E-state index contributed by atoms with van der Waals surface area (Å²) in [6.07, 6.45) is 2.85. The van der Waals surface area contributed by atoms with Crippen molar-refractivity contribution in [1.29, 1.82) is 0 Å². The van der Waals surface area contributed by atoms with Crippen LogP contribution in [0.25, 0.3) is 6.08 Å². The number of phenols is 1. The Bertz CT molecular complexity index is 1020. The van der Waals surface area contributed by atoms with Gasteiger partial charge in [-0.05, 0) is 46.6 Å². The van der Waals surface area contributed by atoms with Crippen molar-refractivity contribution in [2.75, 3.05) is 13.1 Å². The van der Waals surface area contributed by atoms with Crippen LogP contribution in [-0.4, -0.2) is 34.7 Å². The van der Waals surface area contributed by atoms with Crippen molar-refractivity contribution in [2.45, 2.75) is 58.8 Å². The SMILES string of the molecule is CC(C)(C)c1cc(C(=O)CN2CCC(=C\c3ccccc3)/C2=N/Cl)cc(C(C)(C)C)c1O. The maximum absolute atomic E-state index is 13.4. The Morgan fingerprint density at radius 1 is 1.06 bits per heavy atom. The molecule has 1 fully saturated rings. The third-order valence-corrected chi connectivity index (χ3v) is 6.00. The van der Waals surface area contributed by atoms with Gasteiger partial charge in [-0.25, -0.2) is 0 Å². The van der Waals surface area contributed by atoms with Gasteiger partial charge in [0.2, 0.25) is 0 Å². The van der Waals surface area contributed by atoms with E-state index >= 15 is 0 Å². The molecule has 0 saturated carbocycles. The molecule has 0 radical (unpaired) electrons. The number of likely N-dealkylation sites (tertiary alicyclic amines) is 1. The Morgan fingerprint density at radius 2 is 1.62 bits per heavy atom. The second-order valence-electron chi connectivity index (χ2n) is 10.5. The lowest BCUT2D eigenvalue weighted by Crippen LogP contribution is -2.31. The highest BCUT2D eigenvalue weighted by atomic mass is 35.5. The Balaban J connectivity index is 1.91. The molecule has 0 amide bonds. The van der Waals surface area contributed by atoms with E-state index in [0.29, 0.717) is 17.9 Å². The molecule has 0 aliphatic carbocycles. The molecule has 2 aromatic rings. The Labute approximate surface area is 196 Å². The van der Waals surface area contributed by atoms with Crippen LogP contribution in [0.15, 0.2) is 52.5 Å². The van der Waals surface area contributed by atoms with E-state index in [4.69, 9.17) is 11.8 Å². The minimum absolute atomic E-state index is 0.0141. The van der Waals surface area contributed by atoms with Crippen LogP contribution in [0.2, 0.25) is 0 Å². The van der Waals surface area contributed by atoms with Crippen molar-refractivity contribution < 1.29 is 9.90 Å². The van der Waals surface area contributed by atoms with Gasteiger partial charge in [0, 0.05) is 35.0 Å². The third kappa shape index (κ3) is 5.24. The quantitative estimate of drug-likeness (QED) is 0.538. The summed E-state index contributed by atoms with van der Waals surface area (Å²) in [4.78, 5) is 15.3. The zero-order chi connectivity index (χ0) is 23.7. The summed E-state index contributed by atoms with van der Waals surface area (Å²) in [5, 5.41) is 10.9. The summed E-state index contributed by atoms with van der Waals surface area (Å²) in [6.45, 7) is 13.1. The monoisotopic (exact) mass is 452 g/mol. The molecule has 0 unspecified atom stereocenters. The van der Waals surface area contributed by atoms with E-state index in [1.54, 1.807) is 0 Å². The van der Waals surface area contributed by atoms with E-state index in [9.17, 15) is 9.90 Å². The lowest BCUT2D eigenvalue weighted by molar-refractivity contribution is 0.0966. The van der Waals surface area contributed by atoms with Crippen LogP contribution in [0.3, 0.4) is 0 Å². The highest BCUT2D eigenvalue weighted by Crippen LogP contribution is 2.40. The van der Waals surface area contributed by atoms with Crippen molar-refractivity contribution in [2.24, 2.45) is 4.51 Å². The fourth-order valence-corrected chi connectivity index (χ4v) is 4.24. The summed E-state index contributed by atoms with van der Waals surface area (Å²) >= 11 is 5.94. The van der Waals surface area contributed by atoms with Crippen molar-refractivity contribution in [3.8, 4) is 5.75 Å². The van der Waals surface area contributed by atoms with E-state index in [1.165, 1.54) is 0 Å². The topological polar surface area (TPSA) is 52.9 Å². The van der Waals surface area contributed by atoms with Gasteiger partial charge in [-0.1, -0.05) is 71.9 Å². The number of aromatic hydroxyl groups is 1. The molecular weight excluding hydrogens is 420 g/mol. The van der Waals surface area contributed by atoms with Crippen molar-refractivity contribution in [3.05, 3.63) is 70.3 Å². The molecule has 4 nitrogen and oxygen atoms in total. The molecule has 170 valence electrons. The van der Waals surface area contributed by atoms with Crippen molar-refractivity contribution >= 4 is 29.5 Å². The zero-order valence-corrected chi connectivity index (χ0v) is 20.6. The molecule has 1 saturated heterocycles. The number of amidine groups is 1. The second-order valence-corrected chi connectivity index (χ2v) is 10.7. The molecule has 0 spiro atoms. The number of carbonyl (C=O) groups excluding carboxylic acids is 1. The average molecular weight is 453 g/mol. The van der Waals surface area contributed by atoms with Crippen LogP contribution in [0.1, 0.15) is 75.0 Å². The number of hydrogen-bond donors (Lipinski definition) is 1. The van der Waals surface area contributed by atoms with Crippen molar-refractivity contribution in [3.63, 3.8) is 0 Å². The first-order valence-electron chi connectivity index (χ1n) is 11.0. The van der Waals surface area contributed by atoms with Gasteiger partial charge in [-0.3, -0.25) is 4.79 Å². The van der Waals surface area contributed by atoms with Gasteiger partial charge in [0.25, 0.3) is 0 Å². The Hall–Kier alpha value is -2.59. The van der Waals surface area contributed by atoms with Gasteiger partial charge in [-0.2, -0.15) is 4.51 Å². The number of hydrogen-bond acceptors (Lipinski definition) is 3. The fourth-order valence-electron chi connectivity index (χ4n) is 4.03. The number of Topliss-reactive ketones (excluding diaryl/α,β-unsaturated/α-hetero) is 1. The Morgan fingerprint density at radius 3 is 2.12 bits per heavy atom. The third-order valence-electron chi connectivity index (χ3n) is 5.84. The van der Waals surface area contributed by atoms with Crippen molar-refractivity contribution in [1.82, 2.24) is 4.90 Å². The summed E-state index contributed by atoms with van der Waals surface area (Å²) in [5.41, 5.74) is 3.69. The van der Waals surface area contributed by atoms with E-state index in [1.807, 2.05) is 88.9 Å². The molecule has 5 heteroatoms. The highest BCUT2D eigenvalue weighted by Gasteiger charge is 2.30. The van der Waals surface area contributed by atoms with Crippen LogP contribution < -0.4 is 0 Å². The minimum Gasteiger partial charge on any atom is -0.507 e. The summed E-state index contributed by atoms with van der Waals surface area (Å²) < 4.78 is 3.98. The molecule has 1 aliphatic heterocycles. The number of ketones is 1. The molecule has 3 rings (SSSR count). The molecule has 0 atom stereocenters. The van der Waals surface area contributed by atoms with E-state index < -0.39 is 0 Å². The first kappa shape index (κ1) is 24.1. The van der Waals surface area contributed by atoms with Crippen LogP contribution in [0.5, 0.6) is 5.75 Å². The maximum Gasteiger partial charge on any atom is 0.182 e. The summed E-state index contributed by atoms with van der Waals surface area (Å²) in [5.74, 6) is 0.910. The minimum atomic E-state index is -0.289.